The van der Waals surface area contributed by atoms with Crippen LogP contribution in [0.2, 0.25) is 5.02 Å². The lowest BCUT2D eigenvalue weighted by Crippen LogP contribution is -2.50. The Hall–Kier alpha value is -6.17. The summed E-state index contributed by atoms with van der Waals surface area (Å²) in [5.74, 6) is -3.32. The van der Waals surface area contributed by atoms with Gasteiger partial charge in [-0.25, -0.2) is 4.79 Å². The predicted molar refractivity (Wildman–Crippen MR) is 212 cm³/mol. The number of esters is 1. The number of amides is 4. The number of benzene rings is 3. The van der Waals surface area contributed by atoms with Crippen molar-refractivity contribution in [2.45, 2.75) is 45.3 Å². The highest BCUT2D eigenvalue weighted by Crippen LogP contribution is 2.25. The minimum Gasteiger partial charge on any atom is -0.455 e. The summed E-state index contributed by atoms with van der Waals surface area (Å²) < 4.78 is 11.9. The molecule has 0 saturated carbocycles. The van der Waals surface area contributed by atoms with Gasteiger partial charge in [0, 0.05) is 67.1 Å². The van der Waals surface area contributed by atoms with Gasteiger partial charge in [0.15, 0.2) is 0 Å². The molecule has 0 radical (unpaired) electrons. The van der Waals surface area contributed by atoms with Crippen molar-refractivity contribution in [1.82, 2.24) is 35.4 Å². The van der Waals surface area contributed by atoms with Gasteiger partial charge in [-0.3, -0.25) is 24.1 Å². The number of hydrogen-bond donors (Lipinski definition) is 4. The Morgan fingerprint density at radius 2 is 1.75 bits per heavy atom. The van der Waals surface area contributed by atoms with Gasteiger partial charge < -0.3 is 35.3 Å². The van der Waals surface area contributed by atoms with Crippen molar-refractivity contribution in [2.75, 3.05) is 55.4 Å². The lowest BCUT2D eigenvalue weighted by Gasteiger charge is -2.34. The van der Waals surface area contributed by atoms with Gasteiger partial charge in [-0.15, -0.1) is 5.10 Å². The molecular weight excluding hydrogens is 756 g/mol. The highest BCUT2D eigenvalue weighted by atomic mass is 35.5. The Balaban J connectivity index is 1.19. The van der Waals surface area contributed by atoms with Crippen molar-refractivity contribution in [3.63, 3.8) is 0 Å². The van der Waals surface area contributed by atoms with Gasteiger partial charge in [-0.2, -0.15) is 4.68 Å². The number of halogens is 1. The van der Waals surface area contributed by atoms with Gasteiger partial charge in [-0.05, 0) is 97.8 Å². The molecule has 6 rings (SSSR count). The second-order valence-electron chi connectivity index (χ2n) is 14.4. The second kappa shape index (κ2) is 17.7. The Kier molecular flexibility index (Phi) is 12.6. The van der Waals surface area contributed by atoms with Crippen molar-refractivity contribution >= 4 is 69.2 Å². The molecule has 57 heavy (non-hydrogen) atoms. The highest BCUT2D eigenvalue weighted by molar-refractivity contribution is 6.40. The SMILES string of the molecule is COCCCN1CCN(c2ccc(C[C@H](NC(=O)C(=O)Nc3cc(Cl)ccc3-n3cnnn3)C(=O)Nc3ccc4[nH]c(C(=O)OC(C)(C)C)cc4c3)cc2)C(=O)C1. The number of anilines is 3. The topological polar surface area (TPSA) is 206 Å². The number of nitrogens with zero attached hydrogens (tertiary/aromatic N) is 6. The quantitative estimate of drug-likeness (QED) is 0.0767. The van der Waals surface area contributed by atoms with Gasteiger partial charge in [-0.1, -0.05) is 23.7 Å². The molecule has 2 aromatic heterocycles. The summed E-state index contributed by atoms with van der Waals surface area (Å²) in [6.45, 7) is 8.25. The molecule has 0 unspecified atom stereocenters. The van der Waals surface area contributed by atoms with Crippen molar-refractivity contribution < 1.29 is 33.4 Å². The number of H-pyrrole nitrogens is 1. The maximum absolute atomic E-state index is 13.9. The van der Waals surface area contributed by atoms with Crippen LogP contribution in [0.4, 0.5) is 17.1 Å². The number of nitrogens with one attached hydrogen (secondary N) is 4. The maximum Gasteiger partial charge on any atom is 0.355 e. The third-order valence-electron chi connectivity index (χ3n) is 8.95. The molecule has 298 valence electrons. The monoisotopic (exact) mass is 798 g/mol. The van der Waals surface area contributed by atoms with E-state index in [1.54, 1.807) is 93.4 Å². The molecule has 3 aromatic carbocycles. The van der Waals surface area contributed by atoms with Crippen LogP contribution in [0.1, 0.15) is 43.2 Å². The van der Waals surface area contributed by atoms with E-state index in [2.05, 4.69) is 41.4 Å². The van der Waals surface area contributed by atoms with Crippen LogP contribution in [0.25, 0.3) is 16.6 Å². The number of fused-ring (bicyclic) bond motifs is 1. The first-order chi connectivity index (χ1) is 27.3. The number of methoxy groups -OCH3 is 1. The summed E-state index contributed by atoms with van der Waals surface area (Å²) >= 11 is 6.19. The van der Waals surface area contributed by atoms with E-state index in [-0.39, 0.29) is 28.7 Å². The lowest BCUT2D eigenvalue weighted by atomic mass is 10.0. The first kappa shape index (κ1) is 40.5. The Labute approximate surface area is 333 Å². The number of ether oxygens (including phenoxy) is 2. The average molecular weight is 799 g/mol. The molecule has 0 bridgehead atoms. The van der Waals surface area contributed by atoms with Crippen molar-refractivity contribution in [2.24, 2.45) is 0 Å². The van der Waals surface area contributed by atoms with Crippen molar-refractivity contribution in [1.29, 1.82) is 0 Å². The second-order valence-corrected chi connectivity index (χ2v) is 14.8. The average Bonchev–Trinajstić information content (AvgIpc) is 3.85. The largest absolute Gasteiger partial charge is 0.455 e. The van der Waals surface area contributed by atoms with E-state index in [1.165, 1.54) is 17.1 Å². The number of aromatic amines is 1. The molecule has 4 amide bonds. The molecular formula is C39H43ClN10O7. The smallest absolute Gasteiger partial charge is 0.355 e. The molecule has 5 aromatic rings. The number of carbonyl (C=O) groups is 5. The maximum atomic E-state index is 13.9. The van der Waals surface area contributed by atoms with Crippen LogP contribution < -0.4 is 20.9 Å². The molecule has 3 heterocycles. The minimum atomic E-state index is -1.23. The number of tetrazole rings is 1. The Bertz CT molecular complexity index is 2250. The third kappa shape index (κ3) is 10.6. The Morgan fingerprint density at radius 3 is 2.46 bits per heavy atom. The van der Waals surface area contributed by atoms with Crippen LogP contribution in [0.3, 0.4) is 0 Å². The number of rotatable bonds is 13. The fourth-order valence-electron chi connectivity index (χ4n) is 6.24. The van der Waals surface area contributed by atoms with Crippen molar-refractivity contribution in [3.8, 4) is 5.69 Å². The number of carbonyl (C=O) groups excluding carboxylic acids is 5. The van der Waals surface area contributed by atoms with Crippen LogP contribution in [0.15, 0.2) is 73.1 Å². The number of hydrogen-bond acceptors (Lipinski definition) is 11. The predicted octanol–water partition coefficient (Wildman–Crippen LogP) is 3.74. The van der Waals surface area contributed by atoms with E-state index in [0.29, 0.717) is 53.2 Å². The van der Waals surface area contributed by atoms with Crippen LogP contribution in [-0.2, 0) is 35.1 Å². The van der Waals surface area contributed by atoms with Crippen LogP contribution in [0, 0.1) is 0 Å². The minimum absolute atomic E-state index is 0.00537. The zero-order chi connectivity index (χ0) is 40.7. The molecule has 1 atom stereocenters. The summed E-state index contributed by atoms with van der Waals surface area (Å²) in [6, 6.07) is 17.1. The first-order valence-electron chi connectivity index (χ1n) is 18.2. The summed E-state index contributed by atoms with van der Waals surface area (Å²) in [5.41, 5.74) is 2.45. The van der Waals surface area contributed by atoms with E-state index < -0.39 is 35.3 Å². The zero-order valence-electron chi connectivity index (χ0n) is 31.9. The number of aromatic nitrogens is 5. The molecule has 1 fully saturated rings. The first-order valence-corrected chi connectivity index (χ1v) is 18.6. The summed E-state index contributed by atoms with van der Waals surface area (Å²) in [5, 5.41) is 19.9. The van der Waals surface area contributed by atoms with E-state index in [4.69, 9.17) is 21.1 Å². The van der Waals surface area contributed by atoms with Crippen LogP contribution in [-0.4, -0.2) is 111 Å². The molecule has 1 aliphatic heterocycles. The molecule has 17 nitrogen and oxygen atoms in total. The fraction of sp³-hybridized carbons (Fsp3) is 0.333. The van der Waals surface area contributed by atoms with E-state index in [0.717, 1.165) is 19.5 Å². The Morgan fingerprint density at radius 1 is 0.965 bits per heavy atom. The van der Waals surface area contributed by atoms with Gasteiger partial charge in [0.05, 0.1) is 17.9 Å². The van der Waals surface area contributed by atoms with Gasteiger partial charge in [0.1, 0.15) is 23.7 Å². The molecule has 0 aliphatic carbocycles. The fourth-order valence-corrected chi connectivity index (χ4v) is 6.41. The van der Waals surface area contributed by atoms with Gasteiger partial charge in [0.2, 0.25) is 11.8 Å². The molecule has 0 spiro atoms. The van der Waals surface area contributed by atoms with Crippen LogP contribution >= 0.6 is 11.6 Å². The molecule has 4 N–H and O–H groups in total. The van der Waals surface area contributed by atoms with E-state index in [1.807, 2.05) is 0 Å². The van der Waals surface area contributed by atoms with Crippen LogP contribution in [0.5, 0.6) is 0 Å². The molecule has 1 aliphatic rings. The number of piperazine rings is 1. The van der Waals surface area contributed by atoms with E-state index >= 15 is 0 Å². The highest BCUT2D eigenvalue weighted by Gasteiger charge is 2.28. The summed E-state index contributed by atoms with van der Waals surface area (Å²) in [4.78, 5) is 73.2. The molecule has 18 heteroatoms. The zero-order valence-corrected chi connectivity index (χ0v) is 32.6. The normalized spacial score (nSPS) is 14.0. The summed E-state index contributed by atoms with van der Waals surface area (Å²) in [7, 11) is 1.65. The molecule has 1 saturated heterocycles. The van der Waals surface area contributed by atoms with Gasteiger partial charge in [0.25, 0.3) is 0 Å². The standard InChI is InChI=1S/C39H43ClN10O7/c1-39(2,3)57-38(55)32-20-25-19-27(9-12-29(25)43-32)42-35(52)31(45-37(54)36(53)44-30-21-26(40)8-13-33(30)50-23-41-46-47-50)18-24-6-10-28(11-7-24)49-16-15-48(22-34(49)51)14-5-17-56-4/h6-13,19-21,23,31,43H,5,14-18,22H2,1-4H3,(H,42,52)(H,44,53)(H,45,54)/t31-/m0/s1. The van der Waals surface area contributed by atoms with Gasteiger partial charge >= 0.3 is 17.8 Å². The summed E-state index contributed by atoms with van der Waals surface area (Å²) in [6.07, 6.45) is 2.15. The lowest BCUT2D eigenvalue weighted by molar-refractivity contribution is -0.137. The third-order valence-corrected chi connectivity index (χ3v) is 9.18. The van der Waals surface area contributed by atoms with Crippen molar-refractivity contribution in [3.05, 3.63) is 89.3 Å². The van der Waals surface area contributed by atoms with E-state index in [9.17, 15) is 24.0 Å².